The minimum absolute atomic E-state index is 0.0694. The fraction of sp³-hybridized carbons (Fsp3) is 0.529. The summed E-state index contributed by atoms with van der Waals surface area (Å²) in [6.07, 6.45) is 0. The maximum Gasteiger partial charge on any atom is 0.308 e. The van der Waals surface area contributed by atoms with E-state index in [1.54, 1.807) is 32.0 Å². The Hall–Kier alpha value is -2.13. The maximum atomic E-state index is 12.4. The molecule has 0 saturated heterocycles. The van der Waals surface area contributed by atoms with Crippen LogP contribution in [0.4, 0.5) is 5.69 Å². The van der Waals surface area contributed by atoms with Gasteiger partial charge in [-0.25, -0.2) is 0 Å². The van der Waals surface area contributed by atoms with E-state index in [9.17, 15) is 18.0 Å². The fourth-order valence-electron chi connectivity index (χ4n) is 2.04. The monoisotopic (exact) mass is 386 g/mol. The lowest BCUT2D eigenvalue weighted by atomic mass is 10.1. The van der Waals surface area contributed by atoms with Gasteiger partial charge in [0.1, 0.15) is 6.61 Å². The molecule has 1 amide bonds. The summed E-state index contributed by atoms with van der Waals surface area (Å²) in [6, 6.07) is 5.21. The van der Waals surface area contributed by atoms with Crippen molar-refractivity contribution in [3.8, 4) is 0 Å². The molecule has 3 N–H and O–H groups in total. The Morgan fingerprint density at radius 2 is 1.85 bits per heavy atom. The van der Waals surface area contributed by atoms with Gasteiger partial charge in [-0.05, 0) is 26.0 Å². The quantitative estimate of drug-likeness (QED) is 0.437. The Bertz CT molecular complexity index is 744. The molecular formula is C17H26N2O6S. The van der Waals surface area contributed by atoms with Gasteiger partial charge < -0.3 is 15.4 Å². The summed E-state index contributed by atoms with van der Waals surface area (Å²) in [5.41, 5.74) is 1.47. The van der Waals surface area contributed by atoms with Crippen LogP contribution in [0.5, 0.6) is 0 Å². The van der Waals surface area contributed by atoms with Crippen LogP contribution in [0.25, 0.3) is 0 Å². The number of anilines is 1. The third-order valence-electron chi connectivity index (χ3n) is 3.30. The lowest BCUT2D eigenvalue weighted by molar-refractivity contribution is -0.148. The molecule has 146 valence electrons. The van der Waals surface area contributed by atoms with Crippen molar-refractivity contribution in [1.29, 1.82) is 0 Å². The van der Waals surface area contributed by atoms with Gasteiger partial charge in [-0.1, -0.05) is 19.9 Å². The van der Waals surface area contributed by atoms with Gasteiger partial charge in [-0.15, -0.1) is 0 Å². The zero-order valence-electron chi connectivity index (χ0n) is 15.4. The van der Waals surface area contributed by atoms with Crippen molar-refractivity contribution in [2.24, 2.45) is 5.92 Å². The standard InChI is InChI=1S/C17H26N2O6S/c1-11(2)17(21)25-10-13-5-6-14(19-12(3)4)9-15(13)16(20)18-7-8-26(22,23)24/h5-6,9,11-12,19H,7-8,10H2,1-4H3,(H,18,20)(H,22,23,24). The second-order valence-electron chi connectivity index (χ2n) is 6.48. The van der Waals surface area contributed by atoms with E-state index in [4.69, 9.17) is 9.29 Å². The molecule has 1 aromatic carbocycles. The summed E-state index contributed by atoms with van der Waals surface area (Å²) in [5.74, 6) is -1.77. The average molecular weight is 386 g/mol. The van der Waals surface area contributed by atoms with Crippen LogP contribution in [0.1, 0.15) is 43.6 Å². The Morgan fingerprint density at radius 3 is 2.38 bits per heavy atom. The lowest BCUT2D eigenvalue weighted by Gasteiger charge is -2.15. The number of ether oxygens (including phenoxy) is 1. The molecule has 0 aliphatic heterocycles. The Kier molecular flexibility index (Phi) is 8.04. The first-order valence-corrected chi connectivity index (χ1v) is 9.90. The minimum Gasteiger partial charge on any atom is -0.461 e. The van der Waals surface area contributed by atoms with Gasteiger partial charge in [-0.3, -0.25) is 14.1 Å². The Morgan fingerprint density at radius 1 is 1.19 bits per heavy atom. The van der Waals surface area contributed by atoms with Gasteiger partial charge in [0, 0.05) is 29.4 Å². The molecule has 0 saturated carbocycles. The average Bonchev–Trinajstić information content (AvgIpc) is 2.51. The Balaban J connectivity index is 2.97. The number of hydrogen-bond donors (Lipinski definition) is 3. The molecule has 0 aliphatic rings. The molecule has 0 radical (unpaired) electrons. The zero-order valence-corrected chi connectivity index (χ0v) is 16.2. The van der Waals surface area contributed by atoms with E-state index in [1.165, 1.54) is 0 Å². The minimum atomic E-state index is -4.16. The highest BCUT2D eigenvalue weighted by Crippen LogP contribution is 2.18. The van der Waals surface area contributed by atoms with Gasteiger partial charge in [0.2, 0.25) is 0 Å². The van der Waals surface area contributed by atoms with Crippen LogP contribution in [0.3, 0.4) is 0 Å². The van der Waals surface area contributed by atoms with E-state index >= 15 is 0 Å². The van der Waals surface area contributed by atoms with E-state index in [2.05, 4.69) is 10.6 Å². The zero-order chi connectivity index (χ0) is 19.9. The summed E-state index contributed by atoms with van der Waals surface area (Å²) < 4.78 is 35.5. The molecule has 0 spiro atoms. The number of rotatable bonds is 9. The number of benzene rings is 1. The summed E-state index contributed by atoms with van der Waals surface area (Å²) in [4.78, 5) is 24.1. The van der Waals surface area contributed by atoms with Crippen LogP contribution in [0.15, 0.2) is 18.2 Å². The van der Waals surface area contributed by atoms with Crippen LogP contribution >= 0.6 is 0 Å². The van der Waals surface area contributed by atoms with Crippen molar-refractivity contribution < 1.29 is 27.3 Å². The Labute approximate surface area is 154 Å². The number of nitrogens with one attached hydrogen (secondary N) is 2. The normalized spacial score (nSPS) is 11.5. The number of amides is 1. The van der Waals surface area contributed by atoms with E-state index in [-0.39, 0.29) is 36.6 Å². The van der Waals surface area contributed by atoms with Gasteiger partial charge in [0.25, 0.3) is 16.0 Å². The molecule has 1 aromatic rings. The predicted molar refractivity (Wildman–Crippen MR) is 98.6 cm³/mol. The lowest BCUT2D eigenvalue weighted by Crippen LogP contribution is -2.30. The highest BCUT2D eigenvalue weighted by Gasteiger charge is 2.16. The molecule has 0 aliphatic carbocycles. The number of esters is 1. The number of hydrogen-bond acceptors (Lipinski definition) is 6. The van der Waals surface area contributed by atoms with E-state index in [1.807, 2.05) is 13.8 Å². The smallest absolute Gasteiger partial charge is 0.308 e. The highest BCUT2D eigenvalue weighted by atomic mass is 32.2. The number of carbonyl (C=O) groups excluding carboxylic acids is 2. The molecule has 9 heteroatoms. The molecule has 26 heavy (non-hydrogen) atoms. The molecule has 0 bridgehead atoms. The van der Waals surface area contributed by atoms with Crippen molar-refractivity contribution >= 4 is 27.7 Å². The van der Waals surface area contributed by atoms with Crippen LogP contribution in [0.2, 0.25) is 0 Å². The molecule has 0 unspecified atom stereocenters. The molecule has 1 rings (SSSR count). The van der Waals surface area contributed by atoms with Crippen molar-refractivity contribution in [1.82, 2.24) is 5.32 Å². The van der Waals surface area contributed by atoms with Gasteiger partial charge >= 0.3 is 5.97 Å². The van der Waals surface area contributed by atoms with Crippen LogP contribution in [-0.4, -0.2) is 43.2 Å². The summed E-state index contributed by atoms with van der Waals surface area (Å²) >= 11 is 0. The summed E-state index contributed by atoms with van der Waals surface area (Å²) in [6.45, 7) is 7.01. The second-order valence-corrected chi connectivity index (χ2v) is 8.05. The first-order valence-electron chi connectivity index (χ1n) is 8.29. The van der Waals surface area contributed by atoms with Crippen molar-refractivity contribution in [2.45, 2.75) is 40.3 Å². The predicted octanol–water partition coefficient (Wildman–Crippen LogP) is 1.82. The molecule has 0 aromatic heterocycles. The molecule has 0 heterocycles. The maximum absolute atomic E-state index is 12.4. The number of carbonyl (C=O) groups is 2. The van der Waals surface area contributed by atoms with Gasteiger partial charge in [0.15, 0.2) is 0 Å². The van der Waals surface area contributed by atoms with Gasteiger partial charge in [0.05, 0.1) is 11.7 Å². The fourth-order valence-corrected chi connectivity index (χ4v) is 2.40. The SMILES string of the molecule is CC(C)Nc1ccc(COC(=O)C(C)C)c(C(=O)NCCS(=O)(=O)O)c1. The van der Waals surface area contributed by atoms with E-state index in [0.29, 0.717) is 11.3 Å². The van der Waals surface area contributed by atoms with E-state index < -0.39 is 21.8 Å². The van der Waals surface area contributed by atoms with Crippen molar-refractivity contribution in [2.75, 3.05) is 17.6 Å². The molecule has 8 nitrogen and oxygen atoms in total. The van der Waals surface area contributed by atoms with Gasteiger partial charge in [-0.2, -0.15) is 8.42 Å². The highest BCUT2D eigenvalue weighted by molar-refractivity contribution is 7.85. The second kappa shape index (κ2) is 9.54. The topological polar surface area (TPSA) is 122 Å². The van der Waals surface area contributed by atoms with E-state index in [0.717, 1.165) is 0 Å². The third-order valence-corrected chi connectivity index (χ3v) is 4.02. The summed E-state index contributed by atoms with van der Waals surface area (Å²) in [7, 11) is -4.16. The molecule has 0 fully saturated rings. The third kappa shape index (κ3) is 7.83. The largest absolute Gasteiger partial charge is 0.461 e. The van der Waals surface area contributed by atoms with Crippen molar-refractivity contribution in [3.05, 3.63) is 29.3 Å². The summed E-state index contributed by atoms with van der Waals surface area (Å²) in [5, 5.41) is 5.61. The van der Waals surface area contributed by atoms with Crippen LogP contribution in [-0.2, 0) is 26.3 Å². The first-order chi connectivity index (χ1) is 12.0. The van der Waals surface area contributed by atoms with Crippen LogP contribution in [0, 0.1) is 5.92 Å². The first kappa shape index (κ1) is 21.9. The molecule has 0 atom stereocenters. The molecular weight excluding hydrogens is 360 g/mol. The van der Waals surface area contributed by atoms with Crippen LogP contribution < -0.4 is 10.6 Å². The van der Waals surface area contributed by atoms with Crippen molar-refractivity contribution in [3.63, 3.8) is 0 Å².